The summed E-state index contributed by atoms with van der Waals surface area (Å²) in [5, 5.41) is 3.58. The van der Waals surface area contributed by atoms with Gasteiger partial charge in [-0.3, -0.25) is 0 Å². The van der Waals surface area contributed by atoms with Gasteiger partial charge in [0, 0.05) is 32.2 Å². The Bertz CT molecular complexity index is 399. The fourth-order valence-corrected chi connectivity index (χ4v) is 4.30. The molecule has 5 nitrogen and oxygen atoms in total. The number of hydrogen-bond donors (Lipinski definition) is 1. The van der Waals surface area contributed by atoms with Gasteiger partial charge in [0.2, 0.25) is 10.0 Å². The van der Waals surface area contributed by atoms with Crippen LogP contribution in [0.5, 0.6) is 0 Å². The normalized spacial score (nSPS) is 31.1. The van der Waals surface area contributed by atoms with Crippen LogP contribution in [0, 0.1) is 5.92 Å². The molecule has 2 heterocycles. The fraction of sp³-hybridized carbons (Fsp3) is 1.00. The highest BCUT2D eigenvalue weighted by atomic mass is 32.2. The van der Waals surface area contributed by atoms with Crippen molar-refractivity contribution in [3.05, 3.63) is 0 Å². The van der Waals surface area contributed by atoms with E-state index in [4.69, 9.17) is 0 Å². The van der Waals surface area contributed by atoms with E-state index >= 15 is 0 Å². The van der Waals surface area contributed by atoms with E-state index in [9.17, 15) is 8.42 Å². The number of nitrogens with zero attached hydrogens (tertiary/aromatic N) is 2. The van der Waals surface area contributed by atoms with Crippen LogP contribution in [0.3, 0.4) is 0 Å². The molecule has 2 aliphatic heterocycles. The minimum atomic E-state index is -3.02. The molecular weight excluding hydrogens is 274 g/mol. The number of nitrogens with one attached hydrogen (secondary N) is 1. The largest absolute Gasteiger partial charge is 0.313 e. The Kier molecular flexibility index (Phi) is 5.84. The van der Waals surface area contributed by atoms with E-state index < -0.39 is 10.0 Å². The zero-order valence-electron chi connectivity index (χ0n) is 12.8. The highest BCUT2D eigenvalue weighted by Gasteiger charge is 2.28. The molecule has 6 heteroatoms. The third-order valence-corrected chi connectivity index (χ3v) is 5.79. The Morgan fingerprint density at radius 2 is 2.00 bits per heavy atom. The first-order chi connectivity index (χ1) is 9.49. The van der Waals surface area contributed by atoms with Crippen molar-refractivity contribution in [3.8, 4) is 0 Å². The van der Waals surface area contributed by atoms with Crippen LogP contribution in [0.25, 0.3) is 0 Å². The van der Waals surface area contributed by atoms with Gasteiger partial charge >= 0.3 is 0 Å². The molecule has 0 bridgehead atoms. The molecule has 0 aliphatic carbocycles. The molecule has 20 heavy (non-hydrogen) atoms. The topological polar surface area (TPSA) is 52.7 Å². The van der Waals surface area contributed by atoms with Gasteiger partial charge in [-0.1, -0.05) is 6.92 Å². The molecule has 2 atom stereocenters. The smallest absolute Gasteiger partial charge is 0.211 e. The lowest BCUT2D eigenvalue weighted by Gasteiger charge is -2.34. The van der Waals surface area contributed by atoms with E-state index in [-0.39, 0.29) is 0 Å². The Hall–Kier alpha value is -0.170. The lowest BCUT2D eigenvalue weighted by molar-refractivity contribution is 0.175. The minimum Gasteiger partial charge on any atom is -0.313 e. The van der Waals surface area contributed by atoms with E-state index in [2.05, 4.69) is 17.1 Å². The zero-order chi connectivity index (χ0) is 14.6. The van der Waals surface area contributed by atoms with Gasteiger partial charge in [0.05, 0.1) is 6.26 Å². The van der Waals surface area contributed by atoms with E-state index in [0.29, 0.717) is 25.0 Å². The lowest BCUT2D eigenvalue weighted by atomic mass is 9.98. The maximum atomic E-state index is 11.7. The summed E-state index contributed by atoms with van der Waals surface area (Å²) in [6, 6.07) is 0.590. The van der Waals surface area contributed by atoms with Crippen LogP contribution in [0.2, 0.25) is 0 Å². The van der Waals surface area contributed by atoms with Crippen molar-refractivity contribution in [1.29, 1.82) is 0 Å². The maximum absolute atomic E-state index is 11.7. The highest BCUT2D eigenvalue weighted by molar-refractivity contribution is 7.88. The second-order valence-corrected chi connectivity index (χ2v) is 8.28. The monoisotopic (exact) mass is 303 g/mol. The van der Waals surface area contributed by atoms with Gasteiger partial charge in [-0.15, -0.1) is 0 Å². The summed E-state index contributed by atoms with van der Waals surface area (Å²) in [6.07, 6.45) is 5.85. The van der Waals surface area contributed by atoms with Gasteiger partial charge in [0.1, 0.15) is 0 Å². The van der Waals surface area contributed by atoms with Gasteiger partial charge < -0.3 is 10.2 Å². The van der Waals surface area contributed by atoms with Gasteiger partial charge in [-0.25, -0.2) is 12.7 Å². The predicted molar refractivity (Wildman–Crippen MR) is 82.3 cm³/mol. The van der Waals surface area contributed by atoms with E-state index in [1.165, 1.54) is 12.7 Å². The van der Waals surface area contributed by atoms with Crippen LogP contribution in [-0.4, -0.2) is 69.2 Å². The second kappa shape index (κ2) is 7.20. The Morgan fingerprint density at radius 3 is 2.70 bits per heavy atom. The molecule has 2 saturated heterocycles. The van der Waals surface area contributed by atoms with Crippen LogP contribution in [0.4, 0.5) is 0 Å². The first kappa shape index (κ1) is 16.2. The average Bonchev–Trinajstić information content (AvgIpc) is 2.63. The van der Waals surface area contributed by atoms with E-state index in [0.717, 1.165) is 45.4 Å². The molecule has 0 aromatic carbocycles. The quantitative estimate of drug-likeness (QED) is 0.832. The molecule has 1 N–H and O–H groups in total. The lowest BCUT2D eigenvalue weighted by Crippen LogP contribution is -2.45. The Labute approximate surface area is 123 Å². The summed E-state index contributed by atoms with van der Waals surface area (Å²) in [5.41, 5.74) is 0. The van der Waals surface area contributed by atoms with Crippen LogP contribution < -0.4 is 5.32 Å². The summed E-state index contributed by atoms with van der Waals surface area (Å²) in [7, 11) is -3.02. The molecule has 0 spiro atoms. The van der Waals surface area contributed by atoms with Crippen molar-refractivity contribution in [1.82, 2.24) is 14.5 Å². The van der Waals surface area contributed by atoms with Gasteiger partial charge in [0.25, 0.3) is 0 Å². The third kappa shape index (κ3) is 4.69. The molecule has 2 rings (SSSR count). The van der Waals surface area contributed by atoms with Crippen molar-refractivity contribution in [3.63, 3.8) is 0 Å². The molecule has 118 valence electrons. The molecule has 0 aromatic rings. The Morgan fingerprint density at radius 1 is 1.20 bits per heavy atom. The number of sulfonamides is 1. The highest BCUT2D eigenvalue weighted by Crippen LogP contribution is 2.20. The molecule has 0 saturated carbocycles. The standard InChI is InChI=1S/C14H29N3O2S/c1-3-14-12-16(8-5-7-15-14)10-13-6-4-9-17(11-13)20(2,18)19/h13-15H,3-12H2,1-2H3. The molecule has 0 amide bonds. The third-order valence-electron chi connectivity index (χ3n) is 4.52. The van der Waals surface area contributed by atoms with Crippen LogP contribution >= 0.6 is 0 Å². The van der Waals surface area contributed by atoms with Crippen molar-refractivity contribution in [2.24, 2.45) is 5.92 Å². The van der Waals surface area contributed by atoms with Gasteiger partial charge in [0.15, 0.2) is 0 Å². The summed E-state index contributed by atoms with van der Waals surface area (Å²) < 4.78 is 25.0. The van der Waals surface area contributed by atoms with Crippen LogP contribution in [0.15, 0.2) is 0 Å². The zero-order valence-corrected chi connectivity index (χ0v) is 13.7. The minimum absolute atomic E-state index is 0.495. The van der Waals surface area contributed by atoms with Crippen LogP contribution in [-0.2, 0) is 10.0 Å². The van der Waals surface area contributed by atoms with Gasteiger partial charge in [-0.2, -0.15) is 0 Å². The SMILES string of the molecule is CCC1CN(CC2CCCN(S(C)(=O)=O)C2)CCCN1. The van der Waals surface area contributed by atoms with Crippen molar-refractivity contribution in [2.75, 3.05) is 45.5 Å². The van der Waals surface area contributed by atoms with E-state index in [1.807, 2.05) is 0 Å². The molecule has 2 aliphatic rings. The van der Waals surface area contributed by atoms with E-state index in [1.54, 1.807) is 4.31 Å². The molecule has 2 fully saturated rings. The fourth-order valence-electron chi connectivity index (χ4n) is 3.36. The maximum Gasteiger partial charge on any atom is 0.211 e. The first-order valence-corrected chi connectivity index (χ1v) is 9.74. The molecule has 0 aromatic heterocycles. The molecular formula is C14H29N3O2S. The van der Waals surface area contributed by atoms with Crippen LogP contribution in [0.1, 0.15) is 32.6 Å². The predicted octanol–water partition coefficient (Wildman–Crippen LogP) is 0.732. The molecule has 2 unspecified atom stereocenters. The van der Waals surface area contributed by atoms with Crippen molar-refractivity contribution < 1.29 is 8.42 Å². The number of piperidine rings is 1. The summed E-state index contributed by atoms with van der Waals surface area (Å²) in [4.78, 5) is 2.53. The summed E-state index contributed by atoms with van der Waals surface area (Å²) in [5.74, 6) is 0.495. The number of rotatable bonds is 4. The van der Waals surface area contributed by atoms with Crippen molar-refractivity contribution in [2.45, 2.75) is 38.6 Å². The van der Waals surface area contributed by atoms with Gasteiger partial charge in [-0.05, 0) is 44.7 Å². The summed E-state index contributed by atoms with van der Waals surface area (Å²) in [6.45, 7) is 8.03. The summed E-state index contributed by atoms with van der Waals surface area (Å²) >= 11 is 0. The average molecular weight is 303 g/mol. The Balaban J connectivity index is 1.88. The molecule has 0 radical (unpaired) electrons. The second-order valence-electron chi connectivity index (χ2n) is 6.30. The van der Waals surface area contributed by atoms with Crippen molar-refractivity contribution >= 4 is 10.0 Å². The first-order valence-electron chi connectivity index (χ1n) is 7.90. The number of hydrogen-bond acceptors (Lipinski definition) is 4.